The molecule has 0 saturated heterocycles. The molecule has 1 unspecified atom stereocenters. The van der Waals surface area contributed by atoms with Crippen LogP contribution >= 0.6 is 11.3 Å². The van der Waals surface area contributed by atoms with Gasteiger partial charge in [-0.05, 0) is 30.9 Å². The van der Waals surface area contributed by atoms with Crippen molar-refractivity contribution in [3.05, 3.63) is 57.8 Å². The Hall–Kier alpha value is -2.18. The average molecular weight is 332 g/mol. The molecule has 2 amide bonds. The molecule has 1 aromatic heterocycles. The van der Waals surface area contributed by atoms with Gasteiger partial charge in [-0.1, -0.05) is 35.9 Å². The number of carbonyl (C=O) groups is 2. The lowest BCUT2D eigenvalue weighted by molar-refractivity contribution is -0.139. The lowest BCUT2D eigenvalue weighted by atomic mass is 10.1. The molecule has 0 fully saturated rings. The van der Waals surface area contributed by atoms with Crippen LogP contribution in [0.25, 0.3) is 0 Å². The lowest BCUT2D eigenvalue weighted by Crippen LogP contribution is -2.45. The van der Waals surface area contributed by atoms with E-state index in [2.05, 4.69) is 10.6 Å². The van der Waals surface area contributed by atoms with Crippen molar-refractivity contribution in [2.45, 2.75) is 26.0 Å². The quantitative estimate of drug-likeness (QED) is 0.729. The first-order valence-corrected chi connectivity index (χ1v) is 8.14. The van der Waals surface area contributed by atoms with E-state index in [0.29, 0.717) is 0 Å². The number of aryl methyl sites for hydroxylation is 1. The maximum absolute atomic E-state index is 11.8. The summed E-state index contributed by atoms with van der Waals surface area (Å²) in [6.07, 6.45) is 0. The molecule has 0 bridgehead atoms. The van der Waals surface area contributed by atoms with Gasteiger partial charge in [0.25, 0.3) is 0 Å². The van der Waals surface area contributed by atoms with Crippen LogP contribution in [0.2, 0.25) is 0 Å². The number of hydrogen-bond acceptors (Lipinski definition) is 4. The summed E-state index contributed by atoms with van der Waals surface area (Å²) in [6.45, 7) is 3.84. The number of nitrogens with one attached hydrogen (secondary N) is 2. The second-order valence-electron chi connectivity index (χ2n) is 5.60. The van der Waals surface area contributed by atoms with Crippen LogP contribution in [0.4, 0.5) is 0 Å². The molecule has 2 rings (SSSR count). The largest absolute Gasteiger partial charge is 0.383 e. The Labute approximate surface area is 139 Å². The lowest BCUT2D eigenvalue weighted by Gasteiger charge is -2.22. The van der Waals surface area contributed by atoms with Gasteiger partial charge in [0.05, 0.1) is 6.54 Å². The molecule has 0 aliphatic heterocycles. The molecule has 0 saturated carbocycles. The number of amides is 2. The van der Waals surface area contributed by atoms with E-state index in [1.54, 1.807) is 13.0 Å². The zero-order valence-electron chi connectivity index (χ0n) is 13.1. The van der Waals surface area contributed by atoms with E-state index < -0.39 is 17.4 Å². The van der Waals surface area contributed by atoms with Crippen LogP contribution < -0.4 is 10.6 Å². The second-order valence-corrected chi connectivity index (χ2v) is 6.55. The van der Waals surface area contributed by atoms with Crippen molar-refractivity contribution in [1.82, 2.24) is 10.6 Å². The number of carbonyl (C=O) groups excluding carboxylic acids is 2. The topological polar surface area (TPSA) is 78.4 Å². The van der Waals surface area contributed by atoms with Crippen molar-refractivity contribution in [3.63, 3.8) is 0 Å². The fraction of sp³-hybridized carbons (Fsp3) is 0.294. The average Bonchev–Trinajstić information content (AvgIpc) is 3.07. The smallest absolute Gasteiger partial charge is 0.309 e. The standard InChI is InChI=1S/C17H20N2O3S/c1-12-5-7-13(8-6-12)10-18-15(20)16(21)19-11-17(2,22)14-4-3-9-23-14/h3-9,22H,10-11H2,1-2H3,(H,18,20)(H,19,21). The van der Waals surface area contributed by atoms with E-state index in [0.717, 1.165) is 16.0 Å². The third-order valence-electron chi connectivity index (χ3n) is 3.43. The summed E-state index contributed by atoms with van der Waals surface area (Å²) in [7, 11) is 0. The molecule has 1 heterocycles. The molecule has 1 atom stereocenters. The first-order valence-electron chi connectivity index (χ1n) is 7.26. The Morgan fingerprint density at radius 3 is 2.39 bits per heavy atom. The monoisotopic (exact) mass is 332 g/mol. The van der Waals surface area contributed by atoms with Gasteiger partial charge in [0, 0.05) is 11.4 Å². The second kappa shape index (κ2) is 7.39. The Morgan fingerprint density at radius 2 is 1.78 bits per heavy atom. The van der Waals surface area contributed by atoms with Crippen molar-refractivity contribution in [3.8, 4) is 0 Å². The molecule has 2 aromatic rings. The van der Waals surface area contributed by atoms with E-state index in [1.807, 2.05) is 42.6 Å². The van der Waals surface area contributed by atoms with Crippen LogP contribution in [0, 0.1) is 6.92 Å². The van der Waals surface area contributed by atoms with Crippen molar-refractivity contribution in [2.24, 2.45) is 0 Å². The van der Waals surface area contributed by atoms with Crippen molar-refractivity contribution in [1.29, 1.82) is 0 Å². The minimum Gasteiger partial charge on any atom is -0.383 e. The van der Waals surface area contributed by atoms with Crippen LogP contribution in [-0.4, -0.2) is 23.5 Å². The van der Waals surface area contributed by atoms with Crippen LogP contribution in [0.1, 0.15) is 22.9 Å². The Bertz CT molecular complexity index is 664. The molecule has 0 radical (unpaired) electrons. The summed E-state index contributed by atoms with van der Waals surface area (Å²) in [5.41, 5.74) is 0.858. The van der Waals surface area contributed by atoms with Gasteiger partial charge in [0.2, 0.25) is 0 Å². The molecule has 5 nitrogen and oxygen atoms in total. The number of aliphatic hydroxyl groups is 1. The van der Waals surface area contributed by atoms with Gasteiger partial charge in [0.15, 0.2) is 0 Å². The Morgan fingerprint density at radius 1 is 1.13 bits per heavy atom. The van der Waals surface area contributed by atoms with Gasteiger partial charge in [-0.2, -0.15) is 0 Å². The molecule has 0 spiro atoms. The highest BCUT2D eigenvalue weighted by molar-refractivity contribution is 7.10. The number of benzene rings is 1. The SMILES string of the molecule is Cc1ccc(CNC(=O)C(=O)NCC(C)(O)c2cccs2)cc1. The van der Waals surface area contributed by atoms with Gasteiger partial charge in [-0.15, -0.1) is 11.3 Å². The highest BCUT2D eigenvalue weighted by atomic mass is 32.1. The van der Waals surface area contributed by atoms with Gasteiger partial charge < -0.3 is 15.7 Å². The number of thiophene rings is 1. The Kier molecular flexibility index (Phi) is 5.52. The Balaban J connectivity index is 1.81. The summed E-state index contributed by atoms with van der Waals surface area (Å²) in [4.78, 5) is 24.3. The van der Waals surface area contributed by atoms with E-state index in [9.17, 15) is 14.7 Å². The molecular weight excluding hydrogens is 312 g/mol. The molecular formula is C17H20N2O3S. The molecule has 0 aliphatic carbocycles. The van der Waals surface area contributed by atoms with E-state index in [1.165, 1.54) is 11.3 Å². The molecule has 23 heavy (non-hydrogen) atoms. The van der Waals surface area contributed by atoms with E-state index in [4.69, 9.17) is 0 Å². The zero-order valence-corrected chi connectivity index (χ0v) is 13.9. The predicted octanol–water partition coefficient (Wildman–Crippen LogP) is 1.70. The number of rotatable bonds is 5. The summed E-state index contributed by atoms with van der Waals surface area (Å²) in [5.74, 6) is -1.47. The van der Waals surface area contributed by atoms with Crippen LogP contribution in [0.15, 0.2) is 41.8 Å². The van der Waals surface area contributed by atoms with Crippen LogP contribution in [-0.2, 0) is 21.7 Å². The van der Waals surface area contributed by atoms with Gasteiger partial charge in [-0.25, -0.2) is 0 Å². The summed E-state index contributed by atoms with van der Waals surface area (Å²) in [6, 6.07) is 11.3. The molecule has 6 heteroatoms. The normalized spacial score (nSPS) is 13.2. The fourth-order valence-corrected chi connectivity index (χ4v) is 2.76. The first-order chi connectivity index (χ1) is 10.9. The van der Waals surface area contributed by atoms with E-state index in [-0.39, 0.29) is 13.1 Å². The minimum absolute atomic E-state index is 0.0235. The van der Waals surface area contributed by atoms with Crippen LogP contribution in [0.5, 0.6) is 0 Å². The van der Waals surface area contributed by atoms with Gasteiger partial charge in [0.1, 0.15) is 5.60 Å². The van der Waals surface area contributed by atoms with Gasteiger partial charge >= 0.3 is 11.8 Å². The third-order valence-corrected chi connectivity index (χ3v) is 4.55. The highest BCUT2D eigenvalue weighted by Crippen LogP contribution is 2.24. The molecule has 3 N–H and O–H groups in total. The third kappa shape index (κ3) is 4.91. The first kappa shape index (κ1) is 17.2. The summed E-state index contributed by atoms with van der Waals surface area (Å²) < 4.78 is 0. The predicted molar refractivity (Wildman–Crippen MR) is 89.9 cm³/mol. The van der Waals surface area contributed by atoms with Crippen molar-refractivity contribution < 1.29 is 14.7 Å². The maximum Gasteiger partial charge on any atom is 0.309 e. The maximum atomic E-state index is 11.8. The van der Waals surface area contributed by atoms with Crippen molar-refractivity contribution in [2.75, 3.05) is 6.54 Å². The molecule has 1 aromatic carbocycles. The highest BCUT2D eigenvalue weighted by Gasteiger charge is 2.26. The zero-order chi connectivity index (χ0) is 16.9. The fourth-order valence-electron chi connectivity index (χ4n) is 1.97. The van der Waals surface area contributed by atoms with Crippen LogP contribution in [0.3, 0.4) is 0 Å². The molecule has 122 valence electrons. The van der Waals surface area contributed by atoms with Crippen molar-refractivity contribution >= 4 is 23.2 Å². The molecule has 0 aliphatic rings. The minimum atomic E-state index is -1.19. The summed E-state index contributed by atoms with van der Waals surface area (Å²) >= 11 is 1.40. The van der Waals surface area contributed by atoms with E-state index >= 15 is 0 Å². The van der Waals surface area contributed by atoms with Gasteiger partial charge in [-0.3, -0.25) is 9.59 Å². The summed E-state index contributed by atoms with van der Waals surface area (Å²) in [5, 5.41) is 17.2. The number of hydrogen-bond donors (Lipinski definition) is 3.